The number of imide groups is 1. The number of nitrogens with one attached hydrogen (secondary N) is 2. The van der Waals surface area contributed by atoms with Crippen LogP contribution >= 0.6 is 0 Å². The summed E-state index contributed by atoms with van der Waals surface area (Å²) in [5, 5.41) is 16.7. The summed E-state index contributed by atoms with van der Waals surface area (Å²) in [5.74, 6) is -1.63. The van der Waals surface area contributed by atoms with E-state index in [0.29, 0.717) is 39.0 Å². The first kappa shape index (κ1) is 31.3. The van der Waals surface area contributed by atoms with Crippen LogP contribution in [0.4, 0.5) is 13.6 Å². The largest absolute Gasteiger partial charge is 0.480 e. The van der Waals surface area contributed by atoms with Gasteiger partial charge in [-0.25, -0.2) is 23.5 Å². The molecule has 7 heterocycles. The zero-order valence-corrected chi connectivity index (χ0v) is 26.6. The number of aromatic nitrogens is 4. The van der Waals surface area contributed by atoms with Gasteiger partial charge in [0.05, 0.1) is 6.54 Å². The molecule has 0 aliphatic carbocycles. The van der Waals surface area contributed by atoms with Crippen molar-refractivity contribution >= 4 is 40.0 Å². The number of carboxylic acids is 1. The molecule has 6 aromatic rings. The molecule has 0 radical (unpaired) electrons. The molecule has 50 heavy (non-hydrogen) atoms. The number of benzene rings is 2. The van der Waals surface area contributed by atoms with E-state index in [-0.39, 0.29) is 23.6 Å². The molecule has 3 aliphatic rings. The minimum absolute atomic E-state index is 0.246. The van der Waals surface area contributed by atoms with E-state index < -0.39 is 18.1 Å². The van der Waals surface area contributed by atoms with E-state index in [1.807, 2.05) is 24.3 Å². The predicted octanol–water partition coefficient (Wildman–Crippen LogP) is 4.52. The topological polar surface area (TPSA) is 134 Å². The zero-order valence-electron chi connectivity index (χ0n) is 26.6. The zero-order chi connectivity index (χ0) is 34.5. The van der Waals surface area contributed by atoms with Crippen LogP contribution in [0, 0.1) is 11.6 Å². The quantitative estimate of drug-likeness (QED) is 0.229. The molecule has 3 aliphatic heterocycles. The van der Waals surface area contributed by atoms with Gasteiger partial charge in [-0.1, -0.05) is 24.3 Å². The van der Waals surface area contributed by atoms with Gasteiger partial charge in [-0.15, -0.1) is 0 Å². The number of nitrogens with zero attached hydrogens (tertiary/aromatic N) is 5. The molecule has 1 unspecified atom stereocenters. The molecule has 1 fully saturated rings. The molecule has 3 amide bonds. The van der Waals surface area contributed by atoms with Crippen LogP contribution < -0.4 is 10.6 Å². The Morgan fingerprint density at radius 3 is 1.88 bits per heavy atom. The molecule has 1 saturated heterocycles. The average molecular weight is 676 g/mol. The lowest BCUT2D eigenvalue weighted by Crippen LogP contribution is -2.42. The third-order valence-corrected chi connectivity index (χ3v) is 9.70. The van der Waals surface area contributed by atoms with Gasteiger partial charge < -0.3 is 19.1 Å². The number of halogens is 2. The highest BCUT2D eigenvalue weighted by atomic mass is 19.1. The maximum absolute atomic E-state index is 13.2. The number of rotatable bonds is 5. The fourth-order valence-electron chi connectivity index (χ4n) is 7.27. The first-order valence-corrected chi connectivity index (χ1v) is 16.2. The molecule has 9 rings (SSSR count). The lowest BCUT2D eigenvalue weighted by molar-refractivity contribution is -0.139. The smallest absolute Gasteiger partial charge is 0.325 e. The van der Waals surface area contributed by atoms with E-state index in [2.05, 4.69) is 29.7 Å². The van der Waals surface area contributed by atoms with Crippen molar-refractivity contribution in [1.82, 2.24) is 34.6 Å². The van der Waals surface area contributed by atoms with Crippen molar-refractivity contribution in [3.63, 3.8) is 0 Å². The maximum atomic E-state index is 13.2. The fraction of sp³-hybridized carbons (Fsp3) is 0.216. The summed E-state index contributed by atoms with van der Waals surface area (Å²) < 4.78 is 30.5. The van der Waals surface area contributed by atoms with Gasteiger partial charge in [-0.3, -0.25) is 20.2 Å². The molecule has 252 valence electrons. The molecule has 0 bridgehead atoms. The van der Waals surface area contributed by atoms with Crippen molar-refractivity contribution in [1.29, 1.82) is 0 Å². The number of hydrogen-bond donors (Lipinski definition) is 3. The second kappa shape index (κ2) is 12.5. The van der Waals surface area contributed by atoms with Crippen molar-refractivity contribution in [3.05, 3.63) is 130 Å². The average Bonchev–Trinajstić information content (AvgIpc) is 3.72. The van der Waals surface area contributed by atoms with Crippen LogP contribution in [-0.2, 0) is 48.6 Å². The second-order valence-corrected chi connectivity index (χ2v) is 12.6. The molecular formula is C37H31F2N7O4. The van der Waals surface area contributed by atoms with Gasteiger partial charge in [0.1, 0.15) is 35.0 Å². The Morgan fingerprint density at radius 2 is 1.32 bits per heavy atom. The Labute approximate surface area is 284 Å². The Balaban J connectivity index is 0.000000145. The minimum Gasteiger partial charge on any atom is -0.480 e. The first-order chi connectivity index (χ1) is 24.2. The predicted molar refractivity (Wildman–Crippen MR) is 179 cm³/mol. The number of pyridine rings is 2. The standard InChI is InChI=1S/C19H15FN4O2.C18H16FN3O2/c20-12-5-3-11(4-6-12)9-23-16-10-24-15(18(25)22-19(24)26)8-14(16)13-2-1-7-21-17(13)23;19-12-5-3-11(4-6-12)10-22-16-9-21-15(18(23)24)8-14(16)13-2-1-7-20-17(13)22/h1-7,15H,8-10H2,(H,22,25,26);1-7,15,21H,8-10H2,(H,23,24)/t;15-/m.0/s1. The number of aliphatic carboxylic acids is 1. The minimum atomic E-state index is -0.844. The molecule has 0 spiro atoms. The summed E-state index contributed by atoms with van der Waals surface area (Å²) in [4.78, 5) is 46.0. The van der Waals surface area contributed by atoms with Crippen molar-refractivity contribution in [3.8, 4) is 0 Å². The van der Waals surface area contributed by atoms with Crippen molar-refractivity contribution in [2.45, 2.75) is 51.1 Å². The number of carboxylic acid groups (broad SMARTS) is 1. The number of urea groups is 1. The maximum Gasteiger partial charge on any atom is 0.325 e. The lowest BCUT2D eigenvalue weighted by atomic mass is 9.98. The van der Waals surface area contributed by atoms with Crippen LogP contribution in [-0.4, -0.2) is 59.1 Å². The molecule has 2 atom stereocenters. The van der Waals surface area contributed by atoms with E-state index in [4.69, 9.17) is 0 Å². The number of amides is 3. The highest BCUT2D eigenvalue weighted by Gasteiger charge is 2.43. The monoisotopic (exact) mass is 675 g/mol. The summed E-state index contributed by atoms with van der Waals surface area (Å²) in [7, 11) is 0. The van der Waals surface area contributed by atoms with Gasteiger partial charge in [0.25, 0.3) is 5.91 Å². The Hall–Kier alpha value is -5.95. The molecule has 11 nitrogen and oxygen atoms in total. The van der Waals surface area contributed by atoms with E-state index in [1.54, 1.807) is 41.6 Å². The van der Waals surface area contributed by atoms with Crippen LogP contribution in [0.25, 0.3) is 22.1 Å². The number of hydrogen-bond acceptors (Lipinski definition) is 6. The summed E-state index contributed by atoms with van der Waals surface area (Å²) >= 11 is 0. The normalized spacial score (nSPS) is 17.9. The Bertz CT molecular complexity index is 2300. The molecular weight excluding hydrogens is 644 g/mol. The van der Waals surface area contributed by atoms with E-state index in [9.17, 15) is 28.3 Å². The van der Waals surface area contributed by atoms with E-state index in [0.717, 1.165) is 55.7 Å². The van der Waals surface area contributed by atoms with Gasteiger partial charge in [0.15, 0.2) is 0 Å². The molecule has 0 saturated carbocycles. The van der Waals surface area contributed by atoms with Crippen LogP contribution in [0.15, 0.2) is 85.2 Å². The lowest BCUT2D eigenvalue weighted by Gasteiger charge is -2.28. The fourth-order valence-corrected chi connectivity index (χ4v) is 7.27. The van der Waals surface area contributed by atoms with Gasteiger partial charge in [-0.05, 0) is 70.8 Å². The third kappa shape index (κ3) is 5.54. The molecule has 13 heteroatoms. The third-order valence-electron chi connectivity index (χ3n) is 9.70. The summed E-state index contributed by atoms with van der Waals surface area (Å²) in [5.41, 5.74) is 7.68. The van der Waals surface area contributed by atoms with Gasteiger partial charge >= 0.3 is 12.0 Å². The Kier molecular flexibility index (Phi) is 7.83. The van der Waals surface area contributed by atoms with Crippen molar-refractivity contribution in [2.24, 2.45) is 0 Å². The second-order valence-electron chi connectivity index (χ2n) is 12.6. The SMILES string of the molecule is O=C(O)[C@@H]1Cc2c(n(Cc3ccc(F)cc3)c3ncccc23)CN1.O=C1NC(=O)N2Cc3c(c4cccnc4n3Cc3ccc(F)cc3)CC12. The highest BCUT2D eigenvalue weighted by Crippen LogP contribution is 2.34. The summed E-state index contributed by atoms with van der Waals surface area (Å²) in [6.07, 6.45) is 4.37. The number of carbonyl (C=O) groups is 3. The van der Waals surface area contributed by atoms with Crippen LogP contribution in [0.1, 0.15) is 33.6 Å². The van der Waals surface area contributed by atoms with Crippen LogP contribution in [0.3, 0.4) is 0 Å². The summed E-state index contributed by atoms with van der Waals surface area (Å²) in [6.45, 7) is 1.93. The molecule has 3 N–H and O–H groups in total. The van der Waals surface area contributed by atoms with E-state index >= 15 is 0 Å². The van der Waals surface area contributed by atoms with Gasteiger partial charge in [0.2, 0.25) is 0 Å². The first-order valence-electron chi connectivity index (χ1n) is 16.2. The van der Waals surface area contributed by atoms with Crippen molar-refractivity contribution < 1.29 is 28.3 Å². The Morgan fingerprint density at radius 1 is 0.780 bits per heavy atom. The van der Waals surface area contributed by atoms with Gasteiger partial charge in [-0.2, -0.15) is 0 Å². The number of carbonyl (C=O) groups excluding carboxylic acids is 2. The van der Waals surface area contributed by atoms with Crippen molar-refractivity contribution in [2.75, 3.05) is 0 Å². The number of fused-ring (bicyclic) bond motifs is 7. The van der Waals surface area contributed by atoms with Gasteiger partial charge in [0, 0.05) is 67.0 Å². The van der Waals surface area contributed by atoms with Crippen LogP contribution in [0.2, 0.25) is 0 Å². The molecule has 4 aromatic heterocycles. The summed E-state index contributed by atoms with van der Waals surface area (Å²) in [6, 6.07) is 19.1. The van der Waals surface area contributed by atoms with E-state index in [1.165, 1.54) is 24.3 Å². The van der Waals surface area contributed by atoms with Crippen LogP contribution in [0.5, 0.6) is 0 Å². The highest BCUT2D eigenvalue weighted by molar-refractivity contribution is 6.05. The molecule has 2 aromatic carbocycles.